The first kappa shape index (κ1) is 10.8. The van der Waals surface area contributed by atoms with Gasteiger partial charge in [-0.05, 0) is 12.5 Å². The number of hydrogen-bond donors (Lipinski definition) is 1. The van der Waals surface area contributed by atoms with Gasteiger partial charge in [0, 0.05) is 32.4 Å². The maximum atomic E-state index is 10.9. The number of aryl methyl sites for hydroxylation is 1. The summed E-state index contributed by atoms with van der Waals surface area (Å²) < 4.78 is 0. The first-order chi connectivity index (χ1) is 7.59. The highest BCUT2D eigenvalue weighted by atomic mass is 16.6. The van der Waals surface area contributed by atoms with Gasteiger partial charge in [0.2, 0.25) is 5.82 Å². The smallest absolute Gasteiger partial charge is 0.311 e. The van der Waals surface area contributed by atoms with Crippen molar-refractivity contribution in [3.8, 4) is 0 Å². The average Bonchev–Trinajstić information content (AvgIpc) is 2.14. The molecule has 6 heteroatoms. The number of nitrogens with zero attached hydrogens (tertiary/aromatic N) is 3. The van der Waals surface area contributed by atoms with E-state index in [1.54, 1.807) is 19.2 Å². The Labute approximate surface area is 93.4 Å². The van der Waals surface area contributed by atoms with Crippen molar-refractivity contribution in [1.82, 2.24) is 10.3 Å². The number of rotatable bonds is 3. The Morgan fingerprint density at radius 2 is 2.31 bits per heavy atom. The molecule has 16 heavy (non-hydrogen) atoms. The second-order valence-corrected chi connectivity index (χ2v) is 4.04. The van der Waals surface area contributed by atoms with E-state index >= 15 is 0 Å². The summed E-state index contributed by atoms with van der Waals surface area (Å²) in [5.74, 6) is 0.446. The maximum Gasteiger partial charge on any atom is 0.311 e. The molecule has 0 spiro atoms. The van der Waals surface area contributed by atoms with Gasteiger partial charge in [0.05, 0.1) is 11.0 Å². The normalized spacial score (nSPS) is 15.6. The lowest BCUT2D eigenvalue weighted by Crippen LogP contribution is -2.56. The van der Waals surface area contributed by atoms with Gasteiger partial charge in [0.25, 0.3) is 0 Å². The second-order valence-electron chi connectivity index (χ2n) is 4.04. The van der Waals surface area contributed by atoms with E-state index in [-0.39, 0.29) is 10.6 Å². The van der Waals surface area contributed by atoms with Crippen LogP contribution >= 0.6 is 0 Å². The van der Waals surface area contributed by atoms with E-state index in [0.29, 0.717) is 11.9 Å². The van der Waals surface area contributed by atoms with E-state index in [4.69, 9.17) is 0 Å². The van der Waals surface area contributed by atoms with Crippen LogP contribution in [-0.4, -0.2) is 36.1 Å². The molecule has 0 aliphatic carbocycles. The van der Waals surface area contributed by atoms with Crippen molar-refractivity contribution >= 4 is 11.5 Å². The summed E-state index contributed by atoms with van der Waals surface area (Å²) in [6.45, 7) is 3.50. The molecule has 0 atom stereocenters. The van der Waals surface area contributed by atoms with Gasteiger partial charge in [0.1, 0.15) is 0 Å². The van der Waals surface area contributed by atoms with Gasteiger partial charge in [0.15, 0.2) is 0 Å². The Morgan fingerprint density at radius 1 is 1.62 bits per heavy atom. The highest BCUT2D eigenvalue weighted by Gasteiger charge is 2.27. The van der Waals surface area contributed by atoms with E-state index in [2.05, 4.69) is 10.3 Å². The van der Waals surface area contributed by atoms with Crippen LogP contribution in [0.1, 0.15) is 5.56 Å². The van der Waals surface area contributed by atoms with Crippen molar-refractivity contribution in [3.05, 3.63) is 27.9 Å². The van der Waals surface area contributed by atoms with Crippen molar-refractivity contribution in [2.24, 2.45) is 0 Å². The highest BCUT2D eigenvalue weighted by Crippen LogP contribution is 2.27. The average molecular weight is 222 g/mol. The predicted molar refractivity (Wildman–Crippen MR) is 60.7 cm³/mol. The number of pyridine rings is 1. The molecule has 2 heterocycles. The number of hydrogen-bond acceptors (Lipinski definition) is 5. The summed E-state index contributed by atoms with van der Waals surface area (Å²) in [6, 6.07) is 1.86. The molecular formula is C10H14N4O2. The third-order valence-electron chi connectivity index (χ3n) is 2.82. The number of nitro groups is 1. The summed E-state index contributed by atoms with van der Waals surface area (Å²) >= 11 is 0. The van der Waals surface area contributed by atoms with Crippen molar-refractivity contribution in [1.29, 1.82) is 0 Å². The van der Waals surface area contributed by atoms with Crippen LogP contribution in [0.4, 0.5) is 11.5 Å². The Balaban J connectivity index is 2.34. The Hall–Kier alpha value is -1.69. The highest BCUT2D eigenvalue weighted by molar-refractivity contribution is 5.59. The third-order valence-corrected chi connectivity index (χ3v) is 2.82. The SMILES string of the molecule is Cc1cnc(N(C)C2CNC2)c([N+](=O)[O-])c1. The van der Waals surface area contributed by atoms with Crippen LogP contribution in [0.15, 0.2) is 12.3 Å². The lowest BCUT2D eigenvalue weighted by molar-refractivity contribution is -0.384. The maximum absolute atomic E-state index is 10.9. The molecule has 1 aromatic rings. The lowest BCUT2D eigenvalue weighted by Gasteiger charge is -2.35. The van der Waals surface area contributed by atoms with Gasteiger partial charge in [-0.25, -0.2) is 4.98 Å². The minimum Gasteiger partial charge on any atom is -0.348 e. The summed E-state index contributed by atoms with van der Waals surface area (Å²) in [4.78, 5) is 16.6. The molecule has 86 valence electrons. The first-order valence-corrected chi connectivity index (χ1v) is 5.14. The molecule has 0 unspecified atom stereocenters. The Morgan fingerprint density at radius 3 is 2.81 bits per heavy atom. The summed E-state index contributed by atoms with van der Waals surface area (Å²) in [5, 5.41) is 14.1. The molecule has 0 saturated carbocycles. The zero-order chi connectivity index (χ0) is 11.7. The van der Waals surface area contributed by atoms with Gasteiger partial charge in [-0.2, -0.15) is 0 Å². The van der Waals surface area contributed by atoms with Gasteiger partial charge in [-0.15, -0.1) is 0 Å². The van der Waals surface area contributed by atoms with Crippen molar-refractivity contribution < 1.29 is 4.92 Å². The molecule has 6 nitrogen and oxygen atoms in total. The number of anilines is 1. The molecule has 1 aromatic heterocycles. The van der Waals surface area contributed by atoms with Gasteiger partial charge >= 0.3 is 5.69 Å². The van der Waals surface area contributed by atoms with Crippen LogP contribution in [-0.2, 0) is 0 Å². The van der Waals surface area contributed by atoms with Crippen molar-refractivity contribution in [2.75, 3.05) is 25.0 Å². The van der Waals surface area contributed by atoms with Gasteiger partial charge < -0.3 is 10.2 Å². The molecule has 0 radical (unpaired) electrons. The molecule has 1 saturated heterocycles. The van der Waals surface area contributed by atoms with E-state index in [1.165, 1.54) is 0 Å². The van der Waals surface area contributed by atoms with Crippen molar-refractivity contribution in [2.45, 2.75) is 13.0 Å². The lowest BCUT2D eigenvalue weighted by atomic mass is 10.1. The fourth-order valence-corrected chi connectivity index (χ4v) is 1.67. The topological polar surface area (TPSA) is 71.3 Å². The van der Waals surface area contributed by atoms with Crippen LogP contribution in [0, 0.1) is 17.0 Å². The fourth-order valence-electron chi connectivity index (χ4n) is 1.67. The molecule has 1 fully saturated rings. The fraction of sp³-hybridized carbons (Fsp3) is 0.500. The molecule has 1 aliphatic rings. The molecule has 1 N–H and O–H groups in total. The number of nitrogens with one attached hydrogen (secondary N) is 1. The van der Waals surface area contributed by atoms with E-state index < -0.39 is 0 Å². The van der Waals surface area contributed by atoms with Crippen LogP contribution in [0.5, 0.6) is 0 Å². The van der Waals surface area contributed by atoms with Crippen LogP contribution in [0.2, 0.25) is 0 Å². The Bertz CT molecular complexity index is 417. The minimum absolute atomic E-state index is 0.0781. The summed E-state index contributed by atoms with van der Waals surface area (Å²) in [5.41, 5.74) is 0.880. The molecule has 0 amide bonds. The molecular weight excluding hydrogens is 208 g/mol. The second kappa shape index (κ2) is 4.05. The van der Waals surface area contributed by atoms with E-state index in [0.717, 1.165) is 18.7 Å². The summed E-state index contributed by atoms with van der Waals surface area (Å²) in [7, 11) is 1.84. The number of aromatic nitrogens is 1. The zero-order valence-electron chi connectivity index (χ0n) is 9.30. The van der Waals surface area contributed by atoms with Crippen molar-refractivity contribution in [3.63, 3.8) is 0 Å². The van der Waals surface area contributed by atoms with Crippen LogP contribution < -0.4 is 10.2 Å². The molecule has 0 bridgehead atoms. The molecule has 1 aliphatic heterocycles. The predicted octanol–water partition coefficient (Wildman–Crippen LogP) is 0.706. The van der Waals surface area contributed by atoms with E-state index in [1.807, 2.05) is 11.9 Å². The van der Waals surface area contributed by atoms with Crippen LogP contribution in [0.3, 0.4) is 0 Å². The molecule has 0 aromatic carbocycles. The van der Waals surface area contributed by atoms with Gasteiger partial charge in [-0.1, -0.05) is 0 Å². The Kier molecular flexibility index (Phi) is 2.74. The number of likely N-dealkylation sites (N-methyl/N-ethyl adjacent to an activating group) is 1. The van der Waals surface area contributed by atoms with Crippen LogP contribution in [0.25, 0.3) is 0 Å². The monoisotopic (exact) mass is 222 g/mol. The zero-order valence-corrected chi connectivity index (χ0v) is 9.30. The van der Waals surface area contributed by atoms with Gasteiger partial charge in [-0.3, -0.25) is 10.1 Å². The summed E-state index contributed by atoms with van der Waals surface area (Å²) in [6.07, 6.45) is 1.66. The third kappa shape index (κ3) is 1.83. The first-order valence-electron chi connectivity index (χ1n) is 5.14. The minimum atomic E-state index is -0.377. The largest absolute Gasteiger partial charge is 0.348 e. The van der Waals surface area contributed by atoms with E-state index in [9.17, 15) is 10.1 Å². The standard InChI is InChI=1S/C10H14N4O2/c1-7-3-9(14(15)16)10(12-4-7)13(2)8-5-11-6-8/h3-4,8,11H,5-6H2,1-2H3. The quantitative estimate of drug-likeness (QED) is 0.602. The molecule has 2 rings (SSSR count).